The van der Waals surface area contributed by atoms with Gasteiger partial charge in [0.25, 0.3) is 0 Å². The molecule has 0 bridgehead atoms. The Morgan fingerprint density at radius 3 is 2.89 bits per heavy atom. The van der Waals surface area contributed by atoms with E-state index in [4.69, 9.17) is 0 Å². The molecule has 5 heteroatoms. The number of nitrogens with one attached hydrogen (secondary N) is 1. The van der Waals surface area contributed by atoms with Crippen molar-refractivity contribution in [1.29, 1.82) is 0 Å². The molecular weight excluding hydrogens is 248 g/mol. The second-order valence-corrected chi connectivity index (χ2v) is 5.62. The highest BCUT2D eigenvalue weighted by molar-refractivity contribution is 7.99. The van der Waals surface area contributed by atoms with Crippen molar-refractivity contribution in [2.24, 2.45) is 5.92 Å². The number of carbonyl (C=O) groups is 2. The SMILES string of the molecule is CCCCNC(=O)C1CCCN(C(=O)CSC)C1. The van der Waals surface area contributed by atoms with Crippen molar-refractivity contribution in [3.05, 3.63) is 0 Å². The molecular formula is C13H24N2O2S. The number of nitrogens with zero attached hydrogens (tertiary/aromatic N) is 1. The molecule has 1 fully saturated rings. The Balaban J connectivity index is 2.38. The third-order valence-corrected chi connectivity index (χ3v) is 3.78. The molecule has 0 aliphatic carbocycles. The van der Waals surface area contributed by atoms with E-state index in [2.05, 4.69) is 12.2 Å². The van der Waals surface area contributed by atoms with Gasteiger partial charge in [-0.15, -0.1) is 0 Å². The quantitative estimate of drug-likeness (QED) is 0.746. The predicted octanol–water partition coefficient (Wildman–Crippen LogP) is 1.50. The summed E-state index contributed by atoms with van der Waals surface area (Å²) in [6.45, 7) is 4.26. The van der Waals surface area contributed by atoms with Crippen LogP contribution in [-0.2, 0) is 9.59 Å². The van der Waals surface area contributed by atoms with Gasteiger partial charge in [0.2, 0.25) is 11.8 Å². The zero-order chi connectivity index (χ0) is 13.4. The third-order valence-electron chi connectivity index (χ3n) is 3.24. The molecule has 1 atom stereocenters. The van der Waals surface area contributed by atoms with Crippen LogP contribution < -0.4 is 5.32 Å². The van der Waals surface area contributed by atoms with Crippen LogP contribution in [0.15, 0.2) is 0 Å². The van der Waals surface area contributed by atoms with Crippen molar-refractivity contribution >= 4 is 23.6 Å². The highest BCUT2D eigenvalue weighted by Gasteiger charge is 2.27. The highest BCUT2D eigenvalue weighted by Crippen LogP contribution is 2.17. The number of unbranched alkanes of at least 4 members (excludes halogenated alkanes) is 1. The van der Waals surface area contributed by atoms with Crippen LogP contribution in [0.4, 0.5) is 0 Å². The molecule has 0 spiro atoms. The van der Waals surface area contributed by atoms with E-state index in [0.717, 1.165) is 38.8 Å². The van der Waals surface area contributed by atoms with Gasteiger partial charge in [-0.25, -0.2) is 0 Å². The summed E-state index contributed by atoms with van der Waals surface area (Å²) in [5, 5.41) is 2.96. The van der Waals surface area contributed by atoms with Gasteiger partial charge in [0.05, 0.1) is 11.7 Å². The summed E-state index contributed by atoms with van der Waals surface area (Å²) in [6, 6.07) is 0. The second kappa shape index (κ2) is 8.40. The van der Waals surface area contributed by atoms with E-state index in [1.807, 2.05) is 11.2 Å². The normalized spacial score (nSPS) is 19.7. The predicted molar refractivity (Wildman–Crippen MR) is 75.6 cm³/mol. The lowest BCUT2D eigenvalue weighted by Crippen LogP contribution is -2.46. The van der Waals surface area contributed by atoms with Gasteiger partial charge in [0.15, 0.2) is 0 Å². The van der Waals surface area contributed by atoms with E-state index < -0.39 is 0 Å². The van der Waals surface area contributed by atoms with Gasteiger partial charge in [-0.3, -0.25) is 9.59 Å². The highest BCUT2D eigenvalue weighted by atomic mass is 32.2. The van der Waals surface area contributed by atoms with E-state index in [1.165, 1.54) is 11.8 Å². The lowest BCUT2D eigenvalue weighted by molar-refractivity contribution is -0.133. The largest absolute Gasteiger partial charge is 0.356 e. The average molecular weight is 272 g/mol. The Morgan fingerprint density at radius 2 is 2.22 bits per heavy atom. The zero-order valence-electron chi connectivity index (χ0n) is 11.4. The molecule has 1 aliphatic rings. The van der Waals surface area contributed by atoms with Crippen LogP contribution in [0.25, 0.3) is 0 Å². The molecule has 1 rings (SSSR count). The summed E-state index contributed by atoms with van der Waals surface area (Å²) in [4.78, 5) is 25.6. The van der Waals surface area contributed by atoms with E-state index in [1.54, 1.807) is 0 Å². The zero-order valence-corrected chi connectivity index (χ0v) is 12.2. The van der Waals surface area contributed by atoms with Crippen molar-refractivity contribution in [3.63, 3.8) is 0 Å². The summed E-state index contributed by atoms with van der Waals surface area (Å²) in [5.41, 5.74) is 0. The van der Waals surface area contributed by atoms with Gasteiger partial charge >= 0.3 is 0 Å². The maximum atomic E-state index is 11.9. The van der Waals surface area contributed by atoms with E-state index in [0.29, 0.717) is 12.3 Å². The fourth-order valence-electron chi connectivity index (χ4n) is 2.17. The van der Waals surface area contributed by atoms with Gasteiger partial charge in [0, 0.05) is 19.6 Å². The molecule has 1 N–H and O–H groups in total. The number of hydrogen-bond donors (Lipinski definition) is 1. The van der Waals surface area contributed by atoms with Crippen LogP contribution in [0.1, 0.15) is 32.6 Å². The van der Waals surface area contributed by atoms with E-state index in [-0.39, 0.29) is 17.7 Å². The third kappa shape index (κ3) is 4.88. The van der Waals surface area contributed by atoms with Crippen LogP contribution in [0.2, 0.25) is 0 Å². The van der Waals surface area contributed by atoms with Crippen molar-refractivity contribution in [1.82, 2.24) is 10.2 Å². The fourth-order valence-corrected chi connectivity index (χ4v) is 2.59. The smallest absolute Gasteiger partial charge is 0.232 e. The Morgan fingerprint density at radius 1 is 1.44 bits per heavy atom. The molecule has 18 heavy (non-hydrogen) atoms. The lowest BCUT2D eigenvalue weighted by Gasteiger charge is -2.32. The van der Waals surface area contributed by atoms with Crippen molar-refractivity contribution < 1.29 is 9.59 Å². The first-order valence-electron chi connectivity index (χ1n) is 6.73. The Hall–Kier alpha value is -0.710. The van der Waals surface area contributed by atoms with E-state index in [9.17, 15) is 9.59 Å². The molecule has 0 radical (unpaired) electrons. The molecule has 0 saturated carbocycles. The molecule has 4 nitrogen and oxygen atoms in total. The maximum Gasteiger partial charge on any atom is 0.232 e. The maximum absolute atomic E-state index is 11.9. The first kappa shape index (κ1) is 15.3. The van der Waals surface area contributed by atoms with Crippen LogP contribution >= 0.6 is 11.8 Å². The molecule has 1 aliphatic heterocycles. The van der Waals surface area contributed by atoms with Crippen molar-refractivity contribution in [3.8, 4) is 0 Å². The summed E-state index contributed by atoms with van der Waals surface area (Å²) < 4.78 is 0. The van der Waals surface area contributed by atoms with Gasteiger partial charge in [-0.05, 0) is 25.5 Å². The number of piperidine rings is 1. The molecule has 1 unspecified atom stereocenters. The van der Waals surface area contributed by atoms with Gasteiger partial charge < -0.3 is 10.2 Å². The van der Waals surface area contributed by atoms with Crippen LogP contribution in [0.5, 0.6) is 0 Å². The van der Waals surface area contributed by atoms with Gasteiger partial charge in [-0.2, -0.15) is 11.8 Å². The topological polar surface area (TPSA) is 49.4 Å². The fraction of sp³-hybridized carbons (Fsp3) is 0.846. The second-order valence-electron chi connectivity index (χ2n) is 4.76. The molecule has 0 aromatic carbocycles. The van der Waals surface area contributed by atoms with Crippen molar-refractivity contribution in [2.75, 3.05) is 31.6 Å². The molecule has 2 amide bonds. The molecule has 1 heterocycles. The Kier molecular flexibility index (Phi) is 7.16. The Bertz CT molecular complexity index is 284. The number of thioether (sulfide) groups is 1. The summed E-state index contributed by atoms with van der Waals surface area (Å²) in [5.74, 6) is 0.782. The monoisotopic (exact) mass is 272 g/mol. The lowest BCUT2D eigenvalue weighted by atomic mass is 9.97. The first-order chi connectivity index (χ1) is 8.69. The molecule has 104 valence electrons. The number of carbonyl (C=O) groups excluding carboxylic acids is 2. The van der Waals surface area contributed by atoms with Gasteiger partial charge in [0.1, 0.15) is 0 Å². The van der Waals surface area contributed by atoms with E-state index >= 15 is 0 Å². The molecule has 0 aromatic rings. The summed E-state index contributed by atoms with van der Waals surface area (Å²) >= 11 is 1.54. The Labute approximate surface area is 114 Å². The summed E-state index contributed by atoms with van der Waals surface area (Å²) in [6.07, 6.45) is 5.88. The number of hydrogen-bond acceptors (Lipinski definition) is 3. The standard InChI is InChI=1S/C13H24N2O2S/c1-3-4-7-14-13(17)11-6-5-8-15(9-11)12(16)10-18-2/h11H,3-10H2,1-2H3,(H,14,17). The first-order valence-corrected chi connectivity index (χ1v) is 8.12. The van der Waals surface area contributed by atoms with Crippen LogP contribution in [0, 0.1) is 5.92 Å². The summed E-state index contributed by atoms with van der Waals surface area (Å²) in [7, 11) is 0. The number of amides is 2. The van der Waals surface area contributed by atoms with Crippen molar-refractivity contribution in [2.45, 2.75) is 32.6 Å². The molecule has 1 saturated heterocycles. The van der Waals surface area contributed by atoms with Crippen LogP contribution in [0.3, 0.4) is 0 Å². The minimum absolute atomic E-state index is 0.0126. The minimum Gasteiger partial charge on any atom is -0.356 e. The van der Waals surface area contributed by atoms with Gasteiger partial charge in [-0.1, -0.05) is 13.3 Å². The average Bonchev–Trinajstić information content (AvgIpc) is 2.39. The number of likely N-dealkylation sites (tertiary alicyclic amines) is 1. The molecule has 0 aromatic heterocycles. The number of rotatable bonds is 6. The van der Waals surface area contributed by atoms with Crippen LogP contribution in [-0.4, -0.2) is 48.4 Å². The minimum atomic E-state index is -0.0126.